The Morgan fingerprint density at radius 3 is 1.15 bits per heavy atom. The fraction of sp³-hybridized carbons (Fsp3) is 0.800. The minimum atomic E-state index is -1.72. The predicted molar refractivity (Wildman–Crippen MR) is 85.0 cm³/mol. The summed E-state index contributed by atoms with van der Waals surface area (Å²) in [4.78, 5) is 37.2. The summed E-state index contributed by atoms with van der Waals surface area (Å²) in [6.07, 6.45) is -5.05. The van der Waals surface area contributed by atoms with Gasteiger partial charge in [0.2, 0.25) is 0 Å². The van der Waals surface area contributed by atoms with Gasteiger partial charge in [-0.25, -0.2) is 4.79 Å². The Bertz CT molecular complexity index is 435. The zero-order valence-corrected chi connectivity index (χ0v) is 14.8. The van der Waals surface area contributed by atoms with E-state index in [1.54, 1.807) is 14.7 Å². The van der Waals surface area contributed by atoms with Gasteiger partial charge in [0.05, 0.1) is 11.9 Å². The number of β-amino-alcohol motifs (C(OH)–C–C–N with tert-alkyl or cyclic N) is 3. The van der Waals surface area contributed by atoms with Crippen LogP contribution in [0.5, 0.6) is 0 Å². The molecule has 0 spiro atoms. The number of nitrogens with zero attached hydrogens (tertiary/aromatic N) is 3. The Kier molecular flexibility index (Phi) is 9.55. The van der Waals surface area contributed by atoms with Crippen LogP contribution in [-0.4, -0.2) is 130 Å². The largest absolute Gasteiger partial charge is 0.547 e. The molecule has 0 aromatic rings. The van der Waals surface area contributed by atoms with Crippen molar-refractivity contribution in [2.45, 2.75) is 18.3 Å². The van der Waals surface area contributed by atoms with Crippen LogP contribution in [0.25, 0.3) is 0 Å². The minimum Gasteiger partial charge on any atom is -0.547 e. The first-order valence-electron chi connectivity index (χ1n) is 8.46. The van der Waals surface area contributed by atoms with Crippen LogP contribution in [0.1, 0.15) is 0 Å². The summed E-state index contributed by atoms with van der Waals surface area (Å²) >= 11 is 0. The van der Waals surface area contributed by atoms with Crippen LogP contribution >= 0.6 is 0 Å². The quantitative estimate of drug-likeness (QED) is 0.291. The van der Waals surface area contributed by atoms with Gasteiger partial charge in [-0.2, -0.15) is 0 Å². The Labute approximate surface area is 155 Å². The highest BCUT2D eigenvalue weighted by molar-refractivity contribution is 5.72. The van der Waals surface area contributed by atoms with E-state index in [1.165, 1.54) is 0 Å². The number of carboxylic acids is 3. The van der Waals surface area contributed by atoms with Gasteiger partial charge in [-0.1, -0.05) is 0 Å². The van der Waals surface area contributed by atoms with Crippen molar-refractivity contribution in [3.63, 3.8) is 0 Å². The maximum atomic E-state index is 10.9. The van der Waals surface area contributed by atoms with Crippen molar-refractivity contribution < 1.29 is 45.0 Å². The van der Waals surface area contributed by atoms with E-state index in [9.17, 15) is 39.9 Å². The van der Waals surface area contributed by atoms with Gasteiger partial charge in [0.15, 0.2) is 6.10 Å². The molecule has 1 heterocycles. The summed E-state index contributed by atoms with van der Waals surface area (Å²) in [5, 5.41) is 58.9. The van der Waals surface area contributed by atoms with E-state index in [0.717, 1.165) is 0 Å². The number of hydrogen-bond acceptors (Lipinski definition) is 11. The summed E-state index contributed by atoms with van der Waals surface area (Å²) in [7, 11) is 0. The normalized spacial score (nSPS) is 21.4. The lowest BCUT2D eigenvalue weighted by molar-refractivity contribution is -0.316. The van der Waals surface area contributed by atoms with E-state index < -0.39 is 36.2 Å². The van der Waals surface area contributed by atoms with Gasteiger partial charge in [0.1, 0.15) is 12.2 Å². The molecule has 0 unspecified atom stereocenters. The van der Waals surface area contributed by atoms with Crippen molar-refractivity contribution in [2.75, 3.05) is 58.9 Å². The monoisotopic (exact) mass is 391 g/mol. The summed E-state index contributed by atoms with van der Waals surface area (Å²) in [6, 6.07) is 0. The highest BCUT2D eigenvalue weighted by Crippen LogP contribution is 2.04. The van der Waals surface area contributed by atoms with Crippen LogP contribution in [0, 0.1) is 0 Å². The maximum Gasteiger partial charge on any atom is 0.333 e. The van der Waals surface area contributed by atoms with Crippen LogP contribution < -0.4 is 10.2 Å². The smallest absolute Gasteiger partial charge is 0.333 e. The molecule has 1 fully saturated rings. The number of carbonyl (C=O) groups excluding carboxylic acids is 2. The molecule has 0 aliphatic carbocycles. The molecule has 1 rings (SSSR count). The van der Waals surface area contributed by atoms with E-state index in [1.807, 2.05) is 0 Å². The lowest BCUT2D eigenvalue weighted by Gasteiger charge is -2.28. The van der Waals surface area contributed by atoms with Crippen LogP contribution in [0.15, 0.2) is 0 Å². The zero-order chi connectivity index (χ0) is 20.6. The van der Waals surface area contributed by atoms with E-state index in [4.69, 9.17) is 5.11 Å². The second kappa shape index (κ2) is 11.1. The van der Waals surface area contributed by atoms with Gasteiger partial charge in [0.25, 0.3) is 0 Å². The highest BCUT2D eigenvalue weighted by Gasteiger charge is 2.23. The van der Waals surface area contributed by atoms with Crippen molar-refractivity contribution in [3.8, 4) is 0 Å². The number of rotatable bonds is 9. The molecule has 4 N–H and O–H groups in total. The third-order valence-corrected chi connectivity index (χ3v) is 4.32. The molecule has 156 valence electrons. The van der Waals surface area contributed by atoms with Crippen LogP contribution in [-0.2, 0) is 14.4 Å². The molecule has 1 saturated heterocycles. The summed E-state index contributed by atoms with van der Waals surface area (Å²) in [5.41, 5.74) is 0. The van der Waals surface area contributed by atoms with Gasteiger partial charge in [-0.05, 0) is 0 Å². The fourth-order valence-corrected chi connectivity index (χ4v) is 2.69. The number of hydrogen-bond donors (Lipinski definition) is 4. The SMILES string of the molecule is O=C([O-])[C@H](O)CN1CCN(C[C@@H](O)C(=O)[O-])CCN(C[C@@H](O)C(=O)O)CC1. The van der Waals surface area contributed by atoms with E-state index >= 15 is 0 Å². The maximum absolute atomic E-state index is 10.9. The van der Waals surface area contributed by atoms with E-state index in [2.05, 4.69) is 0 Å². The molecule has 0 amide bonds. The molecule has 1 aliphatic heterocycles. The van der Waals surface area contributed by atoms with Crippen LogP contribution in [0.4, 0.5) is 0 Å². The van der Waals surface area contributed by atoms with Crippen molar-refractivity contribution in [1.82, 2.24) is 14.7 Å². The fourth-order valence-electron chi connectivity index (χ4n) is 2.69. The number of aliphatic hydroxyl groups excluding tert-OH is 3. The zero-order valence-electron chi connectivity index (χ0n) is 14.8. The predicted octanol–water partition coefficient (Wildman–Crippen LogP) is -6.43. The summed E-state index contributed by atoms with van der Waals surface area (Å²) in [5.74, 6) is -4.64. The van der Waals surface area contributed by atoms with Crippen molar-refractivity contribution in [3.05, 3.63) is 0 Å². The topological polar surface area (TPSA) is 188 Å². The van der Waals surface area contributed by atoms with Crippen molar-refractivity contribution in [1.29, 1.82) is 0 Å². The Morgan fingerprint density at radius 2 is 0.926 bits per heavy atom. The molecule has 0 bridgehead atoms. The minimum absolute atomic E-state index is 0.177. The molecule has 12 heteroatoms. The molecule has 0 radical (unpaired) electrons. The molecular formula is C15H25N3O9-2. The third kappa shape index (κ3) is 8.60. The third-order valence-electron chi connectivity index (χ3n) is 4.32. The molecule has 3 atom stereocenters. The number of carbonyl (C=O) groups is 3. The number of aliphatic hydroxyl groups is 3. The Hall–Kier alpha value is -1.83. The summed E-state index contributed by atoms with van der Waals surface area (Å²) < 4.78 is 0. The van der Waals surface area contributed by atoms with Crippen molar-refractivity contribution in [2.24, 2.45) is 0 Å². The highest BCUT2D eigenvalue weighted by atomic mass is 16.4. The first kappa shape index (κ1) is 23.2. The molecule has 0 aromatic carbocycles. The lowest BCUT2D eigenvalue weighted by Crippen LogP contribution is -2.48. The standard InChI is InChI=1S/C15H27N3O9/c19-10(13(22)23)7-16-1-2-17(8-11(20)14(24)25)5-6-18(4-3-16)9-12(21)15(26)27/h10-12,19-21H,1-9H2,(H,22,23)(H,24,25)(H,26,27)/p-2/t10-,11-,12-/m1/s1. The van der Waals surface area contributed by atoms with Gasteiger partial charge < -0.3 is 40.2 Å². The average Bonchev–Trinajstić information content (AvgIpc) is 2.67. The molecule has 1 aliphatic rings. The van der Waals surface area contributed by atoms with Crippen molar-refractivity contribution >= 4 is 17.9 Å². The molecule has 0 saturated carbocycles. The molecule has 27 heavy (non-hydrogen) atoms. The van der Waals surface area contributed by atoms with E-state index in [0.29, 0.717) is 13.1 Å². The van der Waals surface area contributed by atoms with Gasteiger partial charge in [-0.15, -0.1) is 0 Å². The average molecular weight is 391 g/mol. The van der Waals surface area contributed by atoms with E-state index in [-0.39, 0.29) is 45.8 Å². The molecule has 0 aromatic heterocycles. The van der Waals surface area contributed by atoms with Gasteiger partial charge in [-0.3, -0.25) is 14.7 Å². The first-order chi connectivity index (χ1) is 12.6. The molecule has 12 nitrogen and oxygen atoms in total. The van der Waals surface area contributed by atoms with Gasteiger partial charge >= 0.3 is 5.97 Å². The number of carboxylic acid groups (broad SMARTS) is 3. The van der Waals surface area contributed by atoms with Crippen LogP contribution in [0.2, 0.25) is 0 Å². The Morgan fingerprint density at radius 1 is 0.667 bits per heavy atom. The second-order valence-corrected chi connectivity index (χ2v) is 6.43. The Balaban J connectivity index is 2.81. The first-order valence-corrected chi connectivity index (χ1v) is 8.46. The molecular weight excluding hydrogens is 366 g/mol. The second-order valence-electron chi connectivity index (χ2n) is 6.43. The lowest BCUT2D eigenvalue weighted by atomic mass is 10.3. The van der Waals surface area contributed by atoms with Gasteiger partial charge in [0, 0.05) is 58.9 Å². The number of aliphatic carboxylic acids is 3. The van der Waals surface area contributed by atoms with Crippen LogP contribution in [0.3, 0.4) is 0 Å². The summed E-state index contributed by atoms with van der Waals surface area (Å²) in [6.45, 7) is 1.08.